The molecule has 0 radical (unpaired) electrons. The van der Waals surface area contributed by atoms with Crippen molar-refractivity contribution in [3.05, 3.63) is 106 Å². The van der Waals surface area contributed by atoms with Crippen LogP contribution in [0.1, 0.15) is 27.0 Å². The van der Waals surface area contributed by atoms with Crippen LogP contribution in [0.4, 0.5) is 5.69 Å². The number of amides is 2. The number of nitrogens with one attached hydrogen (secondary N) is 1. The second-order valence-corrected chi connectivity index (χ2v) is 8.40. The van der Waals surface area contributed by atoms with E-state index in [0.29, 0.717) is 23.4 Å². The van der Waals surface area contributed by atoms with E-state index in [4.69, 9.17) is 16.3 Å². The van der Waals surface area contributed by atoms with Gasteiger partial charge >= 0.3 is 5.97 Å². The number of nitrogens with zero attached hydrogens (tertiary/aromatic N) is 1. The van der Waals surface area contributed by atoms with Crippen LogP contribution in [0.5, 0.6) is 5.75 Å². The minimum Gasteiger partial charge on any atom is -0.423 e. The van der Waals surface area contributed by atoms with E-state index in [1.54, 1.807) is 30.3 Å². The molecule has 1 aliphatic rings. The van der Waals surface area contributed by atoms with E-state index in [9.17, 15) is 14.4 Å². The van der Waals surface area contributed by atoms with Gasteiger partial charge in [-0.25, -0.2) is 4.79 Å². The van der Waals surface area contributed by atoms with Crippen LogP contribution in [-0.2, 0) is 16.0 Å². The van der Waals surface area contributed by atoms with Gasteiger partial charge in [-0.2, -0.15) is 0 Å². The first-order chi connectivity index (χ1) is 16.3. The van der Waals surface area contributed by atoms with Gasteiger partial charge in [-0.15, -0.1) is 0 Å². The van der Waals surface area contributed by atoms with Gasteiger partial charge in [-0.05, 0) is 73.4 Å². The quantitative estimate of drug-likeness (QED) is 0.296. The zero-order valence-electron chi connectivity index (χ0n) is 18.8. The number of carbonyl (C=O) groups is 3. The molecule has 0 aliphatic carbocycles. The summed E-state index contributed by atoms with van der Waals surface area (Å²) >= 11 is 6.18. The zero-order chi connectivity index (χ0) is 24.2. The molecule has 0 saturated heterocycles. The van der Waals surface area contributed by atoms with Gasteiger partial charge in [0.05, 0.1) is 5.56 Å². The minimum atomic E-state index is -0.529. The zero-order valence-corrected chi connectivity index (χ0v) is 19.6. The Kier molecular flexibility index (Phi) is 6.80. The average Bonchev–Trinajstić information content (AvgIpc) is 3.04. The van der Waals surface area contributed by atoms with Crippen LogP contribution in [0, 0.1) is 13.8 Å². The number of rotatable bonds is 7. The molecular weight excluding hydrogens is 452 g/mol. The predicted molar refractivity (Wildman–Crippen MR) is 131 cm³/mol. The summed E-state index contributed by atoms with van der Waals surface area (Å²) in [5.74, 6) is -1.04. The van der Waals surface area contributed by atoms with Gasteiger partial charge in [0.15, 0.2) is 0 Å². The van der Waals surface area contributed by atoms with Crippen molar-refractivity contribution in [2.24, 2.45) is 0 Å². The van der Waals surface area contributed by atoms with Gasteiger partial charge < -0.3 is 10.1 Å². The molecule has 172 valence electrons. The lowest BCUT2D eigenvalue weighted by atomic mass is 10.1. The fraction of sp³-hybridized carbons (Fsp3) is 0.148. The predicted octanol–water partition coefficient (Wildman–Crippen LogP) is 5.00. The van der Waals surface area contributed by atoms with Gasteiger partial charge in [-0.1, -0.05) is 48.0 Å². The Hall–Kier alpha value is -3.90. The lowest BCUT2D eigenvalue weighted by molar-refractivity contribution is -0.137. The molecule has 0 bridgehead atoms. The lowest BCUT2D eigenvalue weighted by Gasteiger charge is -2.15. The maximum atomic E-state index is 12.8. The molecule has 1 aliphatic heterocycles. The highest BCUT2D eigenvalue weighted by atomic mass is 35.5. The van der Waals surface area contributed by atoms with Crippen molar-refractivity contribution in [3.63, 3.8) is 0 Å². The number of anilines is 1. The number of halogens is 1. The molecular formula is C27H23ClN2O4. The van der Waals surface area contributed by atoms with Gasteiger partial charge in [0.25, 0.3) is 11.8 Å². The van der Waals surface area contributed by atoms with E-state index in [-0.39, 0.29) is 17.3 Å². The molecule has 0 fully saturated rings. The minimum absolute atomic E-state index is 0.0187. The summed E-state index contributed by atoms with van der Waals surface area (Å²) in [5, 5.41) is 2.76. The Morgan fingerprint density at radius 3 is 2.29 bits per heavy atom. The third-order valence-corrected chi connectivity index (χ3v) is 6.01. The number of aryl methyl sites for hydroxylation is 2. The van der Waals surface area contributed by atoms with Crippen molar-refractivity contribution in [3.8, 4) is 5.75 Å². The van der Waals surface area contributed by atoms with Crippen molar-refractivity contribution < 1.29 is 19.1 Å². The summed E-state index contributed by atoms with van der Waals surface area (Å²) in [4.78, 5) is 38.9. The average molecular weight is 475 g/mol. The molecule has 1 N–H and O–H groups in total. The number of esters is 1. The maximum Gasteiger partial charge on any atom is 0.343 e. The van der Waals surface area contributed by atoms with E-state index in [1.807, 2.05) is 56.3 Å². The first-order valence-corrected chi connectivity index (χ1v) is 11.2. The Bertz CT molecular complexity index is 1280. The van der Waals surface area contributed by atoms with Crippen LogP contribution in [0.25, 0.3) is 0 Å². The smallest absolute Gasteiger partial charge is 0.343 e. The number of benzene rings is 3. The summed E-state index contributed by atoms with van der Waals surface area (Å²) in [6, 6.07) is 21.4. The van der Waals surface area contributed by atoms with Crippen LogP contribution in [0.3, 0.4) is 0 Å². The molecule has 0 spiro atoms. The highest BCUT2D eigenvalue weighted by molar-refractivity contribution is 6.48. The number of hydrogen-bond acceptors (Lipinski definition) is 5. The van der Waals surface area contributed by atoms with Crippen LogP contribution in [0.2, 0.25) is 0 Å². The van der Waals surface area contributed by atoms with E-state index < -0.39 is 17.8 Å². The third kappa shape index (κ3) is 5.02. The third-order valence-electron chi connectivity index (χ3n) is 5.66. The van der Waals surface area contributed by atoms with Crippen molar-refractivity contribution >= 4 is 35.1 Å². The molecule has 0 saturated carbocycles. The Labute approximate surface area is 202 Å². The monoisotopic (exact) mass is 474 g/mol. The fourth-order valence-electron chi connectivity index (χ4n) is 3.52. The largest absolute Gasteiger partial charge is 0.423 e. The molecule has 3 aromatic carbocycles. The molecule has 3 aromatic rings. The van der Waals surface area contributed by atoms with E-state index in [0.717, 1.165) is 21.6 Å². The van der Waals surface area contributed by atoms with Crippen LogP contribution >= 0.6 is 11.6 Å². The fourth-order valence-corrected chi connectivity index (χ4v) is 3.75. The van der Waals surface area contributed by atoms with Gasteiger partial charge in [0.2, 0.25) is 0 Å². The first kappa shape index (κ1) is 23.3. The summed E-state index contributed by atoms with van der Waals surface area (Å²) in [7, 11) is 0. The number of carbonyl (C=O) groups excluding carboxylic acids is 3. The van der Waals surface area contributed by atoms with Crippen LogP contribution in [-0.4, -0.2) is 29.2 Å². The van der Waals surface area contributed by atoms with Crippen molar-refractivity contribution in [1.29, 1.82) is 0 Å². The molecule has 0 atom stereocenters. The Balaban J connectivity index is 1.40. The molecule has 2 amide bonds. The molecule has 7 heteroatoms. The summed E-state index contributed by atoms with van der Waals surface area (Å²) in [6.45, 7) is 4.16. The van der Waals surface area contributed by atoms with Crippen LogP contribution < -0.4 is 10.1 Å². The number of imide groups is 1. The van der Waals surface area contributed by atoms with Crippen molar-refractivity contribution in [2.45, 2.75) is 20.3 Å². The topological polar surface area (TPSA) is 75.7 Å². The number of ether oxygens (including phenoxy) is 1. The summed E-state index contributed by atoms with van der Waals surface area (Å²) in [5.41, 5.74) is 4.04. The highest BCUT2D eigenvalue weighted by Crippen LogP contribution is 2.26. The number of hydrogen-bond donors (Lipinski definition) is 1. The summed E-state index contributed by atoms with van der Waals surface area (Å²) in [6.07, 6.45) is 0.535. The first-order valence-electron chi connectivity index (χ1n) is 10.8. The highest BCUT2D eigenvalue weighted by Gasteiger charge is 2.37. The molecule has 6 nitrogen and oxygen atoms in total. The van der Waals surface area contributed by atoms with Gasteiger partial charge in [-0.3, -0.25) is 14.5 Å². The standard InChI is InChI=1S/C27H23ClN2O4/c1-17-8-13-22(16-18(17)2)34-27(33)20-9-11-21(12-10-20)29-24-23(28)25(31)30(26(24)32)15-14-19-6-4-3-5-7-19/h3-13,16,29H,14-15H2,1-2H3. The lowest BCUT2D eigenvalue weighted by Crippen LogP contribution is -2.34. The van der Waals surface area contributed by atoms with Crippen molar-refractivity contribution in [2.75, 3.05) is 11.9 Å². The molecule has 1 heterocycles. The molecule has 0 unspecified atom stereocenters. The maximum absolute atomic E-state index is 12.8. The molecule has 34 heavy (non-hydrogen) atoms. The normalized spacial score (nSPS) is 13.4. The molecule has 4 rings (SSSR count). The molecule has 0 aromatic heterocycles. The van der Waals surface area contributed by atoms with E-state index in [2.05, 4.69) is 5.32 Å². The van der Waals surface area contributed by atoms with Crippen molar-refractivity contribution in [1.82, 2.24) is 4.90 Å². The van der Waals surface area contributed by atoms with E-state index >= 15 is 0 Å². The van der Waals surface area contributed by atoms with Crippen LogP contribution in [0.15, 0.2) is 83.5 Å². The summed E-state index contributed by atoms with van der Waals surface area (Å²) < 4.78 is 5.44. The Morgan fingerprint density at radius 2 is 1.62 bits per heavy atom. The van der Waals surface area contributed by atoms with Gasteiger partial charge in [0.1, 0.15) is 16.5 Å². The van der Waals surface area contributed by atoms with Gasteiger partial charge in [0, 0.05) is 12.2 Å². The second-order valence-electron chi connectivity index (χ2n) is 8.02. The SMILES string of the molecule is Cc1ccc(OC(=O)c2ccc(NC3=C(Cl)C(=O)N(CCc4ccccc4)C3=O)cc2)cc1C. The second kappa shape index (κ2) is 9.93. The van der Waals surface area contributed by atoms with E-state index in [1.165, 1.54) is 0 Å². The Morgan fingerprint density at radius 1 is 0.912 bits per heavy atom.